The highest BCUT2D eigenvalue weighted by atomic mass is 35.5. The lowest BCUT2D eigenvalue weighted by molar-refractivity contribution is -0.120. The Morgan fingerprint density at radius 3 is 2.76 bits per heavy atom. The number of furan rings is 1. The zero-order valence-electron chi connectivity index (χ0n) is 18.6. The Balaban J connectivity index is 1.50. The molecule has 2 heterocycles. The third-order valence-corrected chi connectivity index (χ3v) is 6.18. The second-order valence-electron chi connectivity index (χ2n) is 7.39. The van der Waals surface area contributed by atoms with Crippen LogP contribution in [0.5, 0.6) is 0 Å². The van der Waals surface area contributed by atoms with Crippen LogP contribution in [0.15, 0.2) is 81.6 Å². The fourth-order valence-electron chi connectivity index (χ4n) is 3.15. The molecule has 1 amide bonds. The molecular weight excluding hydrogens is 472 g/mol. The van der Waals surface area contributed by atoms with Gasteiger partial charge in [0.2, 0.25) is 0 Å². The van der Waals surface area contributed by atoms with Gasteiger partial charge >= 0.3 is 0 Å². The number of aromatic nitrogens is 3. The molecule has 0 saturated heterocycles. The predicted octanol–water partition coefficient (Wildman–Crippen LogP) is 5.07. The normalized spacial score (nSPS) is 12.1. The number of aryl methyl sites for hydroxylation is 1. The van der Waals surface area contributed by atoms with Crippen LogP contribution in [0.2, 0.25) is 5.02 Å². The van der Waals surface area contributed by atoms with Crippen molar-refractivity contribution in [3.63, 3.8) is 0 Å². The first kappa shape index (κ1) is 23.6. The van der Waals surface area contributed by atoms with Crippen molar-refractivity contribution in [1.82, 2.24) is 20.2 Å². The third kappa shape index (κ3) is 5.86. The van der Waals surface area contributed by atoms with Crippen LogP contribution in [0.3, 0.4) is 0 Å². The molecule has 174 valence electrons. The highest BCUT2D eigenvalue weighted by molar-refractivity contribution is 8.00. The van der Waals surface area contributed by atoms with Gasteiger partial charge in [0.25, 0.3) is 5.91 Å². The van der Waals surface area contributed by atoms with E-state index >= 15 is 0 Å². The monoisotopic (exact) mass is 494 g/mol. The van der Waals surface area contributed by atoms with E-state index in [1.807, 2.05) is 60.0 Å². The number of rotatable bonds is 9. The fourth-order valence-corrected chi connectivity index (χ4v) is 4.26. The lowest BCUT2D eigenvalue weighted by Crippen LogP contribution is -2.27. The van der Waals surface area contributed by atoms with E-state index in [2.05, 4.69) is 26.0 Å². The Morgan fingerprint density at radius 1 is 1.21 bits per heavy atom. The van der Waals surface area contributed by atoms with Crippen molar-refractivity contribution in [3.05, 3.63) is 89.1 Å². The number of hydrogen-bond acceptors (Lipinski definition) is 7. The SMILES string of the molecule is Cc1cc(Cl)ccc1NCc1nnc(S[C@H](C)C(=O)N/N=C\c2ccco2)n1-c1ccccc1. The van der Waals surface area contributed by atoms with E-state index in [4.69, 9.17) is 16.0 Å². The zero-order chi connectivity index (χ0) is 23.9. The predicted molar refractivity (Wildman–Crippen MR) is 135 cm³/mol. The number of hydrazone groups is 1. The first-order valence-electron chi connectivity index (χ1n) is 10.5. The molecular formula is C24H23ClN6O2S. The summed E-state index contributed by atoms with van der Waals surface area (Å²) < 4.78 is 7.11. The summed E-state index contributed by atoms with van der Waals surface area (Å²) in [5.41, 5.74) is 5.44. The Hall–Kier alpha value is -3.56. The van der Waals surface area contributed by atoms with Crippen LogP contribution in [-0.2, 0) is 11.3 Å². The highest BCUT2D eigenvalue weighted by Crippen LogP contribution is 2.27. The van der Waals surface area contributed by atoms with Crippen LogP contribution in [0.25, 0.3) is 5.69 Å². The second-order valence-corrected chi connectivity index (χ2v) is 9.14. The molecule has 0 aliphatic rings. The Kier molecular flexibility index (Phi) is 7.66. The molecule has 0 bridgehead atoms. The van der Waals surface area contributed by atoms with Gasteiger partial charge < -0.3 is 9.73 Å². The molecule has 0 spiro atoms. The first-order valence-corrected chi connectivity index (χ1v) is 11.8. The van der Waals surface area contributed by atoms with Gasteiger partial charge in [0, 0.05) is 16.4 Å². The number of anilines is 1. The minimum absolute atomic E-state index is 0.258. The molecule has 34 heavy (non-hydrogen) atoms. The molecule has 0 unspecified atom stereocenters. The average molecular weight is 495 g/mol. The van der Waals surface area contributed by atoms with E-state index in [0.29, 0.717) is 28.3 Å². The minimum atomic E-state index is -0.459. The van der Waals surface area contributed by atoms with Gasteiger partial charge in [0.1, 0.15) is 5.76 Å². The molecule has 10 heteroatoms. The third-order valence-electron chi connectivity index (χ3n) is 4.90. The van der Waals surface area contributed by atoms with Gasteiger partial charge in [-0.1, -0.05) is 41.6 Å². The smallest absolute Gasteiger partial charge is 0.253 e. The van der Waals surface area contributed by atoms with Gasteiger partial charge in [-0.2, -0.15) is 5.10 Å². The maximum atomic E-state index is 12.5. The molecule has 0 saturated carbocycles. The summed E-state index contributed by atoms with van der Waals surface area (Å²) in [6, 6.07) is 19.0. The molecule has 2 aromatic heterocycles. The first-order chi connectivity index (χ1) is 16.5. The van der Waals surface area contributed by atoms with Crippen LogP contribution in [0.4, 0.5) is 5.69 Å². The summed E-state index contributed by atoms with van der Waals surface area (Å²) in [5.74, 6) is 1.01. The van der Waals surface area contributed by atoms with E-state index < -0.39 is 5.25 Å². The van der Waals surface area contributed by atoms with E-state index in [-0.39, 0.29) is 5.91 Å². The maximum absolute atomic E-state index is 12.5. The van der Waals surface area contributed by atoms with Crippen molar-refractivity contribution in [2.24, 2.45) is 5.10 Å². The number of nitrogens with one attached hydrogen (secondary N) is 2. The molecule has 0 aliphatic heterocycles. The number of amides is 1. The number of halogens is 1. The van der Waals surface area contributed by atoms with Gasteiger partial charge in [-0.25, -0.2) is 5.43 Å². The molecule has 0 fully saturated rings. The quantitative estimate of drug-likeness (QED) is 0.192. The molecule has 2 aromatic carbocycles. The molecule has 1 atom stereocenters. The number of carbonyl (C=O) groups is 1. The number of benzene rings is 2. The van der Waals surface area contributed by atoms with Crippen molar-refractivity contribution in [2.45, 2.75) is 30.8 Å². The standard InChI is InChI=1S/C24H23ClN6O2S/c1-16-13-18(25)10-11-21(16)26-15-22-28-30-24(31(22)19-7-4-3-5-8-19)34-17(2)23(32)29-27-14-20-9-6-12-33-20/h3-14,17,26H,15H2,1-2H3,(H,29,32)/b27-14-/t17-/m1/s1. The maximum Gasteiger partial charge on any atom is 0.253 e. The summed E-state index contributed by atoms with van der Waals surface area (Å²) in [6.45, 7) is 4.23. The van der Waals surface area contributed by atoms with Crippen LogP contribution in [-0.4, -0.2) is 32.1 Å². The van der Waals surface area contributed by atoms with Crippen molar-refractivity contribution < 1.29 is 9.21 Å². The van der Waals surface area contributed by atoms with Crippen LogP contribution in [0, 0.1) is 6.92 Å². The van der Waals surface area contributed by atoms with Crippen LogP contribution >= 0.6 is 23.4 Å². The van der Waals surface area contributed by atoms with E-state index in [1.54, 1.807) is 25.3 Å². The van der Waals surface area contributed by atoms with Crippen molar-refractivity contribution in [1.29, 1.82) is 0 Å². The summed E-state index contributed by atoms with van der Waals surface area (Å²) in [4.78, 5) is 12.5. The van der Waals surface area contributed by atoms with Gasteiger partial charge in [-0.15, -0.1) is 10.2 Å². The Bertz CT molecular complexity index is 1270. The summed E-state index contributed by atoms with van der Waals surface area (Å²) in [7, 11) is 0. The van der Waals surface area contributed by atoms with E-state index in [0.717, 1.165) is 16.9 Å². The number of thioether (sulfide) groups is 1. The number of hydrogen-bond donors (Lipinski definition) is 2. The minimum Gasteiger partial charge on any atom is -0.463 e. The number of carbonyl (C=O) groups excluding carboxylic acids is 1. The lowest BCUT2D eigenvalue weighted by Gasteiger charge is -2.14. The molecule has 4 aromatic rings. The van der Waals surface area contributed by atoms with Gasteiger partial charge in [0.15, 0.2) is 11.0 Å². The van der Waals surface area contributed by atoms with Crippen LogP contribution < -0.4 is 10.7 Å². The van der Waals surface area contributed by atoms with Gasteiger partial charge in [-0.3, -0.25) is 9.36 Å². The molecule has 2 N–H and O–H groups in total. The summed E-state index contributed by atoms with van der Waals surface area (Å²) in [6.07, 6.45) is 2.99. The number of nitrogens with zero attached hydrogens (tertiary/aromatic N) is 4. The van der Waals surface area contributed by atoms with Crippen molar-refractivity contribution >= 4 is 41.2 Å². The molecule has 4 rings (SSSR count). The molecule has 8 nitrogen and oxygen atoms in total. The van der Waals surface area contributed by atoms with E-state index in [9.17, 15) is 4.79 Å². The van der Waals surface area contributed by atoms with Crippen molar-refractivity contribution in [2.75, 3.05) is 5.32 Å². The van der Waals surface area contributed by atoms with Crippen molar-refractivity contribution in [3.8, 4) is 5.69 Å². The summed E-state index contributed by atoms with van der Waals surface area (Å²) in [5, 5.41) is 16.9. The summed E-state index contributed by atoms with van der Waals surface area (Å²) >= 11 is 7.37. The topological polar surface area (TPSA) is 97.3 Å². The van der Waals surface area contributed by atoms with Gasteiger partial charge in [-0.05, 0) is 61.9 Å². The Morgan fingerprint density at radius 2 is 2.03 bits per heavy atom. The second kappa shape index (κ2) is 11.0. The van der Waals surface area contributed by atoms with Crippen LogP contribution in [0.1, 0.15) is 24.1 Å². The zero-order valence-corrected chi connectivity index (χ0v) is 20.2. The lowest BCUT2D eigenvalue weighted by atomic mass is 10.2. The largest absolute Gasteiger partial charge is 0.463 e. The van der Waals surface area contributed by atoms with E-state index in [1.165, 1.54) is 18.0 Å². The number of para-hydroxylation sites is 1. The highest BCUT2D eigenvalue weighted by Gasteiger charge is 2.21. The molecule has 0 aliphatic carbocycles. The van der Waals surface area contributed by atoms with Gasteiger partial charge in [0.05, 0.1) is 24.3 Å². The molecule has 0 radical (unpaired) electrons. The fraction of sp³-hybridized carbons (Fsp3) is 0.167. The Labute approximate surface area is 206 Å². The average Bonchev–Trinajstić information content (AvgIpc) is 3.49.